The topological polar surface area (TPSA) is 130 Å². The van der Waals surface area contributed by atoms with E-state index in [0.717, 1.165) is 25.2 Å². The summed E-state index contributed by atoms with van der Waals surface area (Å²) in [5, 5.41) is 11.6. The first-order chi connectivity index (χ1) is 14.5. The summed E-state index contributed by atoms with van der Waals surface area (Å²) in [6.07, 6.45) is 5.55. The molecule has 1 unspecified atom stereocenters. The molecule has 1 saturated heterocycles. The van der Waals surface area contributed by atoms with Gasteiger partial charge in [0.25, 0.3) is 12.4 Å². The van der Waals surface area contributed by atoms with Gasteiger partial charge in [-0.1, -0.05) is 19.1 Å². The van der Waals surface area contributed by atoms with Crippen molar-refractivity contribution in [2.24, 2.45) is 0 Å². The van der Waals surface area contributed by atoms with Crippen molar-refractivity contribution in [1.82, 2.24) is 20.2 Å². The van der Waals surface area contributed by atoms with Crippen LogP contribution in [0.1, 0.15) is 35.9 Å². The van der Waals surface area contributed by atoms with Gasteiger partial charge in [0, 0.05) is 43.2 Å². The Kier molecular flexibility index (Phi) is 9.07. The second-order valence-corrected chi connectivity index (χ2v) is 7.57. The van der Waals surface area contributed by atoms with Gasteiger partial charge in [-0.05, 0) is 18.6 Å². The summed E-state index contributed by atoms with van der Waals surface area (Å²) in [5.74, 6) is 0.286. The number of nitrogens with one attached hydrogen (secondary N) is 2. The summed E-state index contributed by atoms with van der Waals surface area (Å²) >= 11 is 1.25. The highest BCUT2D eigenvalue weighted by molar-refractivity contribution is 8.00. The van der Waals surface area contributed by atoms with Crippen LogP contribution >= 0.6 is 11.8 Å². The van der Waals surface area contributed by atoms with E-state index in [-0.39, 0.29) is 30.6 Å². The Morgan fingerprint density at radius 2 is 2.13 bits per heavy atom. The van der Waals surface area contributed by atoms with Crippen LogP contribution < -0.4 is 10.6 Å². The van der Waals surface area contributed by atoms with Gasteiger partial charge in [0.15, 0.2) is 0 Å². The summed E-state index contributed by atoms with van der Waals surface area (Å²) in [6, 6.07) is 7.14. The molecule has 0 saturated carbocycles. The van der Waals surface area contributed by atoms with E-state index in [1.165, 1.54) is 11.8 Å². The van der Waals surface area contributed by atoms with E-state index in [4.69, 9.17) is 9.90 Å². The average Bonchev–Trinajstić information content (AvgIpc) is 3.31. The van der Waals surface area contributed by atoms with Crippen molar-refractivity contribution in [2.45, 2.75) is 42.9 Å². The zero-order chi connectivity index (χ0) is 21.9. The fourth-order valence-electron chi connectivity index (χ4n) is 2.94. The number of carboxylic acid groups (broad SMARTS) is 1. The number of hydrogen-bond acceptors (Lipinski definition) is 6. The number of thioether (sulfide) groups is 1. The number of imidazole rings is 1. The van der Waals surface area contributed by atoms with E-state index < -0.39 is 5.25 Å². The smallest absolute Gasteiger partial charge is 0.290 e. The molecule has 2 aromatic rings. The SMILES string of the molecule is CCc1nccn1CCCNC(=O)c1ccccc1SC1CC(=O)NC1=O.O=CO. The van der Waals surface area contributed by atoms with Gasteiger partial charge in [0.1, 0.15) is 5.82 Å². The number of aryl methyl sites for hydroxylation is 2. The monoisotopic (exact) mass is 432 g/mol. The van der Waals surface area contributed by atoms with Crippen molar-refractivity contribution in [3.05, 3.63) is 48.0 Å². The lowest BCUT2D eigenvalue weighted by molar-refractivity contribution is -0.125. The number of carbonyl (C=O) groups is 4. The molecule has 0 bridgehead atoms. The van der Waals surface area contributed by atoms with Crippen molar-refractivity contribution >= 4 is 36.0 Å². The fraction of sp³-hybridized carbons (Fsp3) is 0.350. The van der Waals surface area contributed by atoms with Crippen LogP contribution in [0, 0.1) is 0 Å². The molecule has 1 aliphatic rings. The molecule has 30 heavy (non-hydrogen) atoms. The zero-order valence-electron chi connectivity index (χ0n) is 16.5. The van der Waals surface area contributed by atoms with Crippen molar-refractivity contribution < 1.29 is 24.3 Å². The lowest BCUT2D eigenvalue weighted by Gasteiger charge is -2.12. The molecule has 1 aromatic heterocycles. The summed E-state index contributed by atoms with van der Waals surface area (Å²) in [4.78, 5) is 49.0. The number of aromatic nitrogens is 2. The predicted molar refractivity (Wildman–Crippen MR) is 111 cm³/mol. The number of imide groups is 1. The molecule has 1 aliphatic heterocycles. The first-order valence-corrected chi connectivity index (χ1v) is 10.3. The quantitative estimate of drug-likeness (QED) is 0.327. The Balaban J connectivity index is 0.00000101. The third kappa shape index (κ3) is 6.45. The minimum atomic E-state index is -0.486. The van der Waals surface area contributed by atoms with E-state index in [0.29, 0.717) is 17.0 Å². The van der Waals surface area contributed by atoms with Gasteiger partial charge < -0.3 is 15.0 Å². The standard InChI is InChI=1S/C19H22N4O3S.CH2O2/c1-2-16-20-9-11-23(16)10-5-8-21-18(25)13-6-3-4-7-14(13)27-15-12-17(24)22-19(15)26;2-1-3/h3-4,6-7,9,11,15H,2,5,8,10,12H2,1H3,(H,21,25)(H,22,24,26);1H,(H,2,3). The van der Waals surface area contributed by atoms with Crippen LogP contribution in [0.5, 0.6) is 0 Å². The second-order valence-electron chi connectivity index (χ2n) is 6.32. The maximum absolute atomic E-state index is 12.6. The van der Waals surface area contributed by atoms with E-state index in [1.54, 1.807) is 24.4 Å². The summed E-state index contributed by atoms with van der Waals surface area (Å²) in [5.41, 5.74) is 0.520. The maximum Gasteiger partial charge on any atom is 0.290 e. The van der Waals surface area contributed by atoms with Crippen LogP contribution in [0.4, 0.5) is 0 Å². The van der Waals surface area contributed by atoms with Crippen molar-refractivity contribution in [1.29, 1.82) is 0 Å². The first-order valence-electron chi connectivity index (χ1n) is 9.45. The first kappa shape index (κ1) is 23.1. The maximum atomic E-state index is 12.6. The number of nitrogens with zero attached hydrogens (tertiary/aromatic N) is 2. The number of carbonyl (C=O) groups excluding carboxylic acids is 3. The Morgan fingerprint density at radius 1 is 1.40 bits per heavy atom. The van der Waals surface area contributed by atoms with Crippen LogP contribution in [0.15, 0.2) is 41.6 Å². The highest BCUT2D eigenvalue weighted by atomic mass is 32.2. The molecule has 0 spiro atoms. The molecular weight excluding hydrogens is 408 g/mol. The molecular formula is C20H24N4O5S. The largest absolute Gasteiger partial charge is 0.483 e. The third-order valence-electron chi connectivity index (χ3n) is 4.31. The van der Waals surface area contributed by atoms with Crippen LogP contribution in [-0.2, 0) is 27.3 Å². The van der Waals surface area contributed by atoms with E-state index >= 15 is 0 Å². The zero-order valence-corrected chi connectivity index (χ0v) is 17.4. The number of hydrogen-bond donors (Lipinski definition) is 3. The molecule has 2 heterocycles. The van der Waals surface area contributed by atoms with Crippen LogP contribution in [0.25, 0.3) is 0 Å². The van der Waals surface area contributed by atoms with Crippen LogP contribution in [0.2, 0.25) is 0 Å². The molecule has 1 fully saturated rings. The van der Waals surface area contributed by atoms with Crippen molar-refractivity contribution in [3.8, 4) is 0 Å². The van der Waals surface area contributed by atoms with E-state index in [2.05, 4.69) is 27.1 Å². The number of amides is 3. The predicted octanol–water partition coefficient (Wildman–Crippen LogP) is 1.47. The molecule has 9 nitrogen and oxygen atoms in total. The third-order valence-corrected chi connectivity index (χ3v) is 5.58. The minimum absolute atomic E-state index is 0.143. The summed E-state index contributed by atoms with van der Waals surface area (Å²) < 4.78 is 2.09. The Labute approximate surface area is 178 Å². The van der Waals surface area contributed by atoms with Gasteiger partial charge in [-0.3, -0.25) is 24.5 Å². The van der Waals surface area contributed by atoms with E-state index in [9.17, 15) is 14.4 Å². The molecule has 160 valence electrons. The fourth-order valence-corrected chi connectivity index (χ4v) is 4.09. The number of rotatable bonds is 8. The molecule has 1 atom stereocenters. The van der Waals surface area contributed by atoms with Gasteiger partial charge in [0.2, 0.25) is 11.8 Å². The molecule has 0 radical (unpaired) electrons. The highest BCUT2D eigenvalue weighted by Gasteiger charge is 2.32. The van der Waals surface area contributed by atoms with E-state index in [1.807, 2.05) is 12.3 Å². The highest BCUT2D eigenvalue weighted by Crippen LogP contribution is 2.30. The molecule has 10 heteroatoms. The van der Waals surface area contributed by atoms with Crippen molar-refractivity contribution in [3.63, 3.8) is 0 Å². The van der Waals surface area contributed by atoms with Crippen molar-refractivity contribution in [2.75, 3.05) is 6.54 Å². The van der Waals surface area contributed by atoms with Gasteiger partial charge in [0.05, 0.1) is 10.8 Å². The Bertz CT molecular complexity index is 899. The molecule has 3 N–H and O–H groups in total. The molecule has 0 aliphatic carbocycles. The lowest BCUT2D eigenvalue weighted by Crippen LogP contribution is -2.26. The minimum Gasteiger partial charge on any atom is -0.483 e. The molecule has 3 rings (SSSR count). The van der Waals surface area contributed by atoms with Crippen LogP contribution in [-0.4, -0.2) is 50.6 Å². The normalized spacial score (nSPS) is 15.2. The van der Waals surface area contributed by atoms with Crippen LogP contribution in [0.3, 0.4) is 0 Å². The molecule has 1 aromatic carbocycles. The van der Waals surface area contributed by atoms with Gasteiger partial charge in [-0.2, -0.15) is 0 Å². The number of benzene rings is 1. The molecule has 3 amide bonds. The van der Waals surface area contributed by atoms with Gasteiger partial charge >= 0.3 is 0 Å². The Morgan fingerprint density at radius 3 is 2.80 bits per heavy atom. The summed E-state index contributed by atoms with van der Waals surface area (Å²) in [7, 11) is 0. The Hall–Kier alpha value is -3.14. The average molecular weight is 433 g/mol. The second kappa shape index (κ2) is 11.8. The lowest BCUT2D eigenvalue weighted by atomic mass is 10.2. The summed E-state index contributed by atoms with van der Waals surface area (Å²) in [6.45, 7) is 3.15. The van der Waals surface area contributed by atoms with Gasteiger partial charge in [-0.25, -0.2) is 4.98 Å². The van der Waals surface area contributed by atoms with Gasteiger partial charge in [-0.15, -0.1) is 11.8 Å².